The fourth-order valence-corrected chi connectivity index (χ4v) is 2.21. The average molecular weight is 274 g/mol. The zero-order valence-corrected chi connectivity index (χ0v) is 11.2. The van der Waals surface area contributed by atoms with E-state index in [1.54, 1.807) is 35.2 Å². The summed E-state index contributed by atoms with van der Waals surface area (Å²) in [6.45, 7) is 4.50. The first-order valence-corrected chi connectivity index (χ1v) is 6.57. The summed E-state index contributed by atoms with van der Waals surface area (Å²) in [6.07, 6.45) is 2.29. The van der Waals surface area contributed by atoms with Crippen molar-refractivity contribution in [3.63, 3.8) is 0 Å². The Hall–Kier alpha value is -2.14. The van der Waals surface area contributed by atoms with Crippen LogP contribution in [0.2, 0.25) is 0 Å². The van der Waals surface area contributed by atoms with Crippen LogP contribution in [0.4, 0.5) is 5.69 Å². The van der Waals surface area contributed by atoms with Crippen molar-refractivity contribution in [3.05, 3.63) is 42.5 Å². The normalized spacial score (nSPS) is 18.1. The number of benzene rings is 1. The maximum Gasteiger partial charge on any atom is 0.251 e. The predicted molar refractivity (Wildman–Crippen MR) is 76.5 cm³/mol. The summed E-state index contributed by atoms with van der Waals surface area (Å²) in [4.78, 5) is 25.3. The Morgan fingerprint density at radius 1 is 1.45 bits per heavy atom. The predicted octanol–water partition coefficient (Wildman–Crippen LogP) is 0.948. The summed E-state index contributed by atoms with van der Waals surface area (Å²) >= 11 is 0. The lowest BCUT2D eigenvalue weighted by molar-refractivity contribution is -0.117. The molecule has 1 unspecified atom stereocenters. The lowest BCUT2D eigenvalue weighted by Crippen LogP contribution is -2.27. The fourth-order valence-electron chi connectivity index (χ4n) is 2.21. The van der Waals surface area contributed by atoms with Gasteiger partial charge < -0.3 is 15.3 Å². The molecule has 5 heteroatoms. The summed E-state index contributed by atoms with van der Waals surface area (Å²) < 4.78 is 0. The number of nitrogens with zero attached hydrogens (tertiary/aromatic N) is 1. The van der Waals surface area contributed by atoms with Crippen molar-refractivity contribution < 1.29 is 14.7 Å². The van der Waals surface area contributed by atoms with Crippen molar-refractivity contribution in [1.29, 1.82) is 0 Å². The van der Waals surface area contributed by atoms with Gasteiger partial charge in [0.15, 0.2) is 0 Å². The SMILES string of the molecule is C=CC1CC(=O)N(c2ccc(C(=O)NCCO)cc2)C1. The van der Waals surface area contributed by atoms with Crippen molar-refractivity contribution in [3.8, 4) is 0 Å². The average Bonchev–Trinajstić information content (AvgIpc) is 2.86. The number of aliphatic hydroxyl groups excluding tert-OH is 1. The van der Waals surface area contributed by atoms with Crippen LogP contribution in [0, 0.1) is 5.92 Å². The molecule has 106 valence electrons. The number of carbonyl (C=O) groups excluding carboxylic acids is 2. The highest BCUT2D eigenvalue weighted by molar-refractivity contribution is 5.98. The third kappa shape index (κ3) is 3.05. The first kappa shape index (κ1) is 14.3. The van der Waals surface area contributed by atoms with E-state index in [-0.39, 0.29) is 30.9 Å². The van der Waals surface area contributed by atoms with E-state index in [1.807, 2.05) is 0 Å². The summed E-state index contributed by atoms with van der Waals surface area (Å²) in [5, 5.41) is 11.2. The number of nitrogens with one attached hydrogen (secondary N) is 1. The van der Waals surface area contributed by atoms with Gasteiger partial charge in [0.05, 0.1) is 6.61 Å². The van der Waals surface area contributed by atoms with E-state index < -0.39 is 0 Å². The minimum absolute atomic E-state index is 0.0763. The molecule has 1 aliphatic rings. The number of hydrogen-bond donors (Lipinski definition) is 2. The van der Waals surface area contributed by atoms with Gasteiger partial charge in [-0.15, -0.1) is 6.58 Å². The van der Waals surface area contributed by atoms with E-state index in [4.69, 9.17) is 5.11 Å². The monoisotopic (exact) mass is 274 g/mol. The van der Waals surface area contributed by atoms with Crippen LogP contribution in [-0.4, -0.2) is 36.6 Å². The number of amides is 2. The lowest BCUT2D eigenvalue weighted by atomic mass is 10.1. The van der Waals surface area contributed by atoms with Gasteiger partial charge in [0, 0.05) is 36.7 Å². The standard InChI is InChI=1S/C15H18N2O3/c1-2-11-9-14(19)17(10-11)13-5-3-12(4-6-13)15(20)16-7-8-18/h2-6,11,18H,1,7-10H2,(H,16,20). The Morgan fingerprint density at radius 2 is 2.15 bits per heavy atom. The maximum absolute atomic E-state index is 11.9. The Kier molecular flexibility index (Phi) is 4.53. The number of hydrogen-bond acceptors (Lipinski definition) is 3. The topological polar surface area (TPSA) is 69.6 Å². The molecule has 2 N–H and O–H groups in total. The van der Waals surface area contributed by atoms with Crippen LogP contribution in [0.15, 0.2) is 36.9 Å². The molecule has 0 radical (unpaired) electrons. The van der Waals surface area contributed by atoms with Crippen molar-refractivity contribution in [1.82, 2.24) is 5.32 Å². The molecule has 2 rings (SSSR count). The Labute approximate surface area is 117 Å². The van der Waals surface area contributed by atoms with Crippen LogP contribution >= 0.6 is 0 Å². The van der Waals surface area contributed by atoms with Gasteiger partial charge in [-0.1, -0.05) is 6.08 Å². The van der Waals surface area contributed by atoms with Gasteiger partial charge in [0.1, 0.15) is 0 Å². The van der Waals surface area contributed by atoms with Crippen molar-refractivity contribution in [2.45, 2.75) is 6.42 Å². The first-order valence-electron chi connectivity index (χ1n) is 6.57. The van der Waals surface area contributed by atoms with Gasteiger partial charge in [-0.3, -0.25) is 9.59 Å². The Bertz CT molecular complexity index is 510. The van der Waals surface area contributed by atoms with E-state index in [0.717, 1.165) is 5.69 Å². The number of rotatable bonds is 5. The highest BCUT2D eigenvalue weighted by atomic mass is 16.3. The molecule has 20 heavy (non-hydrogen) atoms. The highest BCUT2D eigenvalue weighted by Gasteiger charge is 2.28. The molecule has 1 fully saturated rings. The number of anilines is 1. The summed E-state index contributed by atoms with van der Waals surface area (Å²) in [5.74, 6) is 0.0322. The van der Waals surface area contributed by atoms with Crippen molar-refractivity contribution >= 4 is 17.5 Å². The van der Waals surface area contributed by atoms with E-state index in [2.05, 4.69) is 11.9 Å². The van der Waals surface area contributed by atoms with Crippen molar-refractivity contribution in [2.75, 3.05) is 24.6 Å². The summed E-state index contributed by atoms with van der Waals surface area (Å²) in [6, 6.07) is 6.88. The molecule has 5 nitrogen and oxygen atoms in total. The van der Waals surface area contributed by atoms with E-state index in [9.17, 15) is 9.59 Å². The third-order valence-corrected chi connectivity index (χ3v) is 3.33. The highest BCUT2D eigenvalue weighted by Crippen LogP contribution is 2.25. The van der Waals surface area contributed by atoms with Crippen LogP contribution in [-0.2, 0) is 4.79 Å². The molecule has 2 amide bonds. The maximum atomic E-state index is 11.9. The van der Waals surface area contributed by atoms with Gasteiger partial charge in [-0.25, -0.2) is 0 Å². The van der Waals surface area contributed by atoms with Gasteiger partial charge in [0.2, 0.25) is 5.91 Å². The molecule has 0 saturated carbocycles. The molecule has 0 spiro atoms. The second-order valence-corrected chi connectivity index (χ2v) is 4.73. The Balaban J connectivity index is 2.07. The van der Waals surface area contributed by atoms with Gasteiger partial charge >= 0.3 is 0 Å². The molecule has 1 aromatic rings. The third-order valence-electron chi connectivity index (χ3n) is 3.33. The van der Waals surface area contributed by atoms with Gasteiger partial charge in [-0.05, 0) is 24.3 Å². The second-order valence-electron chi connectivity index (χ2n) is 4.73. The minimum atomic E-state index is -0.234. The molecule has 0 aliphatic carbocycles. The number of carbonyl (C=O) groups is 2. The quantitative estimate of drug-likeness (QED) is 0.785. The minimum Gasteiger partial charge on any atom is -0.395 e. The molecular formula is C15H18N2O3. The van der Waals surface area contributed by atoms with Crippen molar-refractivity contribution in [2.24, 2.45) is 5.92 Å². The zero-order chi connectivity index (χ0) is 14.5. The molecule has 0 bridgehead atoms. The molecule has 1 aliphatic heterocycles. The van der Waals surface area contributed by atoms with Crippen LogP contribution < -0.4 is 10.2 Å². The number of aliphatic hydroxyl groups is 1. The van der Waals surface area contributed by atoms with Gasteiger partial charge in [-0.2, -0.15) is 0 Å². The summed E-state index contributed by atoms with van der Waals surface area (Å²) in [7, 11) is 0. The van der Waals surface area contributed by atoms with E-state index >= 15 is 0 Å². The van der Waals surface area contributed by atoms with E-state index in [0.29, 0.717) is 18.5 Å². The summed E-state index contributed by atoms with van der Waals surface area (Å²) in [5.41, 5.74) is 1.30. The molecule has 1 atom stereocenters. The van der Waals surface area contributed by atoms with E-state index in [1.165, 1.54) is 0 Å². The second kappa shape index (κ2) is 6.34. The molecule has 0 aromatic heterocycles. The van der Waals surface area contributed by atoms with Crippen LogP contribution in [0.5, 0.6) is 0 Å². The van der Waals surface area contributed by atoms with Crippen LogP contribution in [0.3, 0.4) is 0 Å². The smallest absolute Gasteiger partial charge is 0.251 e. The largest absolute Gasteiger partial charge is 0.395 e. The zero-order valence-electron chi connectivity index (χ0n) is 11.2. The van der Waals surface area contributed by atoms with Gasteiger partial charge in [0.25, 0.3) is 5.91 Å². The Morgan fingerprint density at radius 3 is 2.70 bits per heavy atom. The van der Waals surface area contributed by atoms with Crippen LogP contribution in [0.25, 0.3) is 0 Å². The fraction of sp³-hybridized carbons (Fsp3) is 0.333. The first-order chi connectivity index (χ1) is 9.65. The molecule has 1 aromatic carbocycles. The lowest BCUT2D eigenvalue weighted by Gasteiger charge is -2.16. The molecule has 1 heterocycles. The van der Waals surface area contributed by atoms with Crippen LogP contribution in [0.1, 0.15) is 16.8 Å². The molecule has 1 saturated heterocycles. The molecular weight excluding hydrogens is 256 g/mol.